The molecule has 0 amide bonds. The Hall–Kier alpha value is -1.85. The summed E-state index contributed by atoms with van der Waals surface area (Å²) in [7, 11) is 0. The van der Waals surface area contributed by atoms with Gasteiger partial charge in [-0.3, -0.25) is 9.69 Å². The highest BCUT2D eigenvalue weighted by Crippen LogP contribution is 2.25. The summed E-state index contributed by atoms with van der Waals surface area (Å²) in [4.78, 5) is 18.2. The van der Waals surface area contributed by atoms with Crippen LogP contribution >= 0.6 is 11.3 Å². The predicted octanol–water partition coefficient (Wildman–Crippen LogP) is 3.18. The zero-order valence-corrected chi connectivity index (χ0v) is 15.2. The van der Waals surface area contributed by atoms with E-state index >= 15 is 0 Å². The van der Waals surface area contributed by atoms with E-state index in [1.807, 2.05) is 17.4 Å². The average Bonchev–Trinajstić information content (AvgIpc) is 3.30. The van der Waals surface area contributed by atoms with Crippen LogP contribution in [0.15, 0.2) is 41.8 Å². The van der Waals surface area contributed by atoms with Gasteiger partial charge >= 0.3 is 5.97 Å². The molecule has 0 unspecified atom stereocenters. The quantitative estimate of drug-likeness (QED) is 0.771. The summed E-state index contributed by atoms with van der Waals surface area (Å²) < 4.78 is 5.58. The molecule has 0 spiro atoms. The topological polar surface area (TPSA) is 32.8 Å². The lowest BCUT2D eigenvalue weighted by atomic mass is 10.1. The van der Waals surface area contributed by atoms with Crippen LogP contribution in [0.5, 0.6) is 0 Å². The van der Waals surface area contributed by atoms with E-state index in [2.05, 4.69) is 45.5 Å². The van der Waals surface area contributed by atoms with Gasteiger partial charge in [-0.1, -0.05) is 18.2 Å². The molecule has 1 fully saturated rings. The Bertz CT molecular complexity index is 715. The van der Waals surface area contributed by atoms with Crippen LogP contribution in [0, 0.1) is 5.92 Å². The first-order valence-electron chi connectivity index (χ1n) is 9.01. The van der Waals surface area contributed by atoms with E-state index in [1.54, 1.807) is 0 Å². The van der Waals surface area contributed by atoms with Gasteiger partial charge in [-0.2, -0.15) is 0 Å². The standard InChI is InChI=1S/C20H24N2O2S/c23-20(14-21-9-7-19-17(13-21)8-11-25-19)24-15-16-6-10-22(12-16)18-4-2-1-3-5-18/h1-5,8,11,16H,6-7,9-10,12-15H2/t16-/m1/s1. The van der Waals surface area contributed by atoms with Crippen molar-refractivity contribution >= 4 is 23.0 Å². The molecule has 2 aromatic rings. The molecule has 2 aliphatic heterocycles. The molecule has 0 saturated carbocycles. The number of anilines is 1. The van der Waals surface area contributed by atoms with E-state index in [-0.39, 0.29) is 5.97 Å². The van der Waals surface area contributed by atoms with Crippen LogP contribution in [0.1, 0.15) is 16.9 Å². The monoisotopic (exact) mass is 356 g/mol. The minimum atomic E-state index is -0.0863. The summed E-state index contributed by atoms with van der Waals surface area (Å²) in [5, 5.41) is 2.14. The third-order valence-corrected chi connectivity index (χ3v) is 6.15. The number of nitrogens with zero attached hydrogens (tertiary/aromatic N) is 2. The van der Waals surface area contributed by atoms with Gasteiger partial charge in [0.2, 0.25) is 0 Å². The van der Waals surface area contributed by atoms with Gasteiger partial charge in [0.15, 0.2) is 0 Å². The van der Waals surface area contributed by atoms with E-state index in [1.165, 1.54) is 16.1 Å². The molecule has 3 heterocycles. The summed E-state index contributed by atoms with van der Waals surface area (Å²) in [6, 6.07) is 12.6. The fraction of sp³-hybridized carbons (Fsp3) is 0.450. The van der Waals surface area contributed by atoms with Gasteiger partial charge in [0, 0.05) is 42.7 Å². The van der Waals surface area contributed by atoms with Crippen LogP contribution in [0.25, 0.3) is 0 Å². The van der Waals surface area contributed by atoms with Crippen LogP contribution in [-0.4, -0.2) is 43.7 Å². The van der Waals surface area contributed by atoms with Crippen LogP contribution in [0.3, 0.4) is 0 Å². The van der Waals surface area contributed by atoms with Gasteiger partial charge in [0.1, 0.15) is 0 Å². The highest BCUT2D eigenvalue weighted by molar-refractivity contribution is 7.10. The van der Waals surface area contributed by atoms with Gasteiger partial charge < -0.3 is 9.64 Å². The molecule has 4 rings (SSSR count). The number of rotatable bonds is 5. The molecule has 0 bridgehead atoms. The lowest BCUT2D eigenvalue weighted by molar-refractivity contribution is -0.146. The SMILES string of the molecule is O=C(CN1CCc2sccc2C1)OC[C@@H]1CCN(c2ccccc2)C1. The Kier molecular flexibility index (Phi) is 5.04. The maximum Gasteiger partial charge on any atom is 0.320 e. The van der Waals surface area contributed by atoms with E-state index in [4.69, 9.17) is 4.74 Å². The first kappa shape index (κ1) is 16.6. The molecule has 0 aliphatic carbocycles. The number of carbonyl (C=O) groups excluding carboxylic acids is 1. The molecule has 132 valence electrons. The molecule has 1 aromatic heterocycles. The van der Waals surface area contributed by atoms with Crippen molar-refractivity contribution in [2.45, 2.75) is 19.4 Å². The van der Waals surface area contributed by atoms with Crippen LogP contribution in [0.4, 0.5) is 5.69 Å². The highest BCUT2D eigenvalue weighted by atomic mass is 32.1. The number of esters is 1. The number of ether oxygens (including phenoxy) is 1. The van der Waals surface area contributed by atoms with E-state index in [0.29, 0.717) is 19.1 Å². The number of para-hydroxylation sites is 1. The summed E-state index contributed by atoms with van der Waals surface area (Å²) >= 11 is 1.82. The van der Waals surface area contributed by atoms with Crippen molar-refractivity contribution in [3.05, 3.63) is 52.2 Å². The lowest BCUT2D eigenvalue weighted by Crippen LogP contribution is -2.35. The van der Waals surface area contributed by atoms with Crippen molar-refractivity contribution in [3.8, 4) is 0 Å². The Morgan fingerprint density at radius 3 is 2.96 bits per heavy atom. The predicted molar refractivity (Wildman–Crippen MR) is 101 cm³/mol. The van der Waals surface area contributed by atoms with E-state index < -0.39 is 0 Å². The second-order valence-corrected chi connectivity index (χ2v) is 7.95. The van der Waals surface area contributed by atoms with Gasteiger partial charge in [-0.05, 0) is 42.0 Å². The molecule has 2 aliphatic rings. The zero-order chi connectivity index (χ0) is 17.1. The second-order valence-electron chi connectivity index (χ2n) is 6.95. The van der Waals surface area contributed by atoms with Crippen LogP contribution < -0.4 is 4.90 Å². The summed E-state index contributed by atoms with van der Waals surface area (Å²) in [5.74, 6) is 0.353. The Labute approximate surface area is 153 Å². The Balaban J connectivity index is 1.21. The van der Waals surface area contributed by atoms with Crippen molar-refractivity contribution in [1.82, 2.24) is 4.90 Å². The number of thiophene rings is 1. The van der Waals surface area contributed by atoms with E-state index in [9.17, 15) is 4.79 Å². The fourth-order valence-corrected chi connectivity index (χ4v) is 4.61. The van der Waals surface area contributed by atoms with Crippen LogP contribution in [0.2, 0.25) is 0 Å². The minimum absolute atomic E-state index is 0.0863. The summed E-state index contributed by atoms with van der Waals surface area (Å²) in [5.41, 5.74) is 2.63. The lowest BCUT2D eigenvalue weighted by Gasteiger charge is -2.26. The molecule has 1 saturated heterocycles. The normalized spacial score (nSPS) is 20.5. The van der Waals surface area contributed by atoms with Crippen molar-refractivity contribution in [1.29, 1.82) is 0 Å². The van der Waals surface area contributed by atoms with Crippen LogP contribution in [-0.2, 0) is 22.5 Å². The molecule has 5 heteroatoms. The molecule has 25 heavy (non-hydrogen) atoms. The second kappa shape index (κ2) is 7.58. The first-order valence-corrected chi connectivity index (χ1v) is 9.89. The van der Waals surface area contributed by atoms with Gasteiger partial charge in [0.25, 0.3) is 0 Å². The largest absolute Gasteiger partial charge is 0.464 e. The third-order valence-electron chi connectivity index (χ3n) is 5.13. The Morgan fingerprint density at radius 1 is 1.20 bits per heavy atom. The van der Waals surface area contributed by atoms with Crippen molar-refractivity contribution in [2.24, 2.45) is 5.92 Å². The molecular weight excluding hydrogens is 332 g/mol. The Morgan fingerprint density at radius 2 is 2.08 bits per heavy atom. The molecule has 0 N–H and O–H groups in total. The highest BCUT2D eigenvalue weighted by Gasteiger charge is 2.25. The van der Waals surface area contributed by atoms with Gasteiger partial charge in [-0.25, -0.2) is 0 Å². The molecular formula is C20H24N2O2S. The minimum Gasteiger partial charge on any atom is -0.464 e. The van der Waals surface area contributed by atoms with Gasteiger partial charge in [-0.15, -0.1) is 11.3 Å². The number of benzene rings is 1. The zero-order valence-electron chi connectivity index (χ0n) is 14.4. The maximum atomic E-state index is 12.2. The smallest absolute Gasteiger partial charge is 0.320 e. The summed E-state index contributed by atoms with van der Waals surface area (Å²) in [6.07, 6.45) is 2.14. The molecule has 0 radical (unpaired) electrons. The molecule has 1 aromatic carbocycles. The third kappa shape index (κ3) is 4.05. The fourth-order valence-electron chi connectivity index (χ4n) is 3.72. The average molecular weight is 356 g/mol. The number of fused-ring (bicyclic) bond motifs is 1. The molecule has 4 nitrogen and oxygen atoms in total. The van der Waals surface area contributed by atoms with E-state index in [0.717, 1.165) is 39.0 Å². The molecule has 1 atom stereocenters. The number of hydrogen-bond acceptors (Lipinski definition) is 5. The van der Waals surface area contributed by atoms with Gasteiger partial charge in [0.05, 0.1) is 13.2 Å². The number of hydrogen-bond donors (Lipinski definition) is 0. The summed E-state index contributed by atoms with van der Waals surface area (Å²) in [6.45, 7) is 4.79. The number of carbonyl (C=O) groups is 1. The first-order chi connectivity index (χ1) is 12.3. The maximum absolute atomic E-state index is 12.2. The van der Waals surface area contributed by atoms with Crippen molar-refractivity contribution < 1.29 is 9.53 Å². The van der Waals surface area contributed by atoms with Crippen molar-refractivity contribution in [2.75, 3.05) is 37.7 Å². The van der Waals surface area contributed by atoms with Crippen molar-refractivity contribution in [3.63, 3.8) is 0 Å².